The minimum Gasteiger partial charge on any atom is -0.378 e. The van der Waals surface area contributed by atoms with Gasteiger partial charge in [-0.25, -0.2) is 4.79 Å². The Morgan fingerprint density at radius 2 is 1.85 bits per heavy atom. The van der Waals surface area contributed by atoms with Crippen molar-refractivity contribution < 1.29 is 9.53 Å². The maximum absolute atomic E-state index is 12.5. The van der Waals surface area contributed by atoms with Crippen molar-refractivity contribution in [2.75, 3.05) is 19.7 Å². The van der Waals surface area contributed by atoms with Crippen LogP contribution in [0, 0.1) is 5.92 Å². The maximum atomic E-state index is 12.5. The van der Waals surface area contributed by atoms with Gasteiger partial charge < -0.3 is 15.4 Å². The number of piperidine rings is 1. The second kappa shape index (κ2) is 8.61. The van der Waals surface area contributed by atoms with Crippen LogP contribution in [0.25, 0.3) is 0 Å². The Bertz CT molecular complexity index is 615. The molecule has 0 spiro atoms. The number of carbonyl (C=O) groups is 1. The maximum Gasteiger partial charge on any atom is 0.315 e. The van der Waals surface area contributed by atoms with Crippen molar-refractivity contribution in [1.29, 1.82) is 0 Å². The number of hydrogen-bond acceptors (Lipinski definition) is 3. The molecule has 1 saturated carbocycles. The van der Waals surface area contributed by atoms with E-state index in [4.69, 9.17) is 4.74 Å². The Morgan fingerprint density at radius 3 is 2.63 bits per heavy atom. The van der Waals surface area contributed by atoms with Crippen molar-refractivity contribution in [1.82, 2.24) is 15.5 Å². The van der Waals surface area contributed by atoms with Gasteiger partial charge in [0, 0.05) is 43.7 Å². The van der Waals surface area contributed by atoms with Gasteiger partial charge in [-0.05, 0) is 51.0 Å². The smallest absolute Gasteiger partial charge is 0.315 e. The van der Waals surface area contributed by atoms with E-state index in [1.54, 1.807) is 0 Å². The fraction of sp³-hybridized carbons (Fsp3) is 0.682. The lowest BCUT2D eigenvalue weighted by Crippen LogP contribution is -2.53. The minimum absolute atomic E-state index is 0.0158. The van der Waals surface area contributed by atoms with Crippen molar-refractivity contribution in [3.05, 3.63) is 35.9 Å². The van der Waals surface area contributed by atoms with Crippen LogP contribution in [0.5, 0.6) is 0 Å². The Labute approximate surface area is 162 Å². The highest BCUT2D eigenvalue weighted by molar-refractivity contribution is 5.74. The van der Waals surface area contributed by atoms with E-state index < -0.39 is 0 Å². The number of carbonyl (C=O) groups excluding carboxylic acids is 1. The van der Waals surface area contributed by atoms with Crippen LogP contribution in [0.4, 0.5) is 4.79 Å². The molecule has 2 heterocycles. The summed E-state index contributed by atoms with van der Waals surface area (Å²) in [6.07, 6.45) is 6.89. The summed E-state index contributed by atoms with van der Waals surface area (Å²) < 4.78 is 5.81. The molecule has 2 aliphatic heterocycles. The molecule has 5 heteroatoms. The summed E-state index contributed by atoms with van der Waals surface area (Å²) in [5, 5.41) is 6.48. The van der Waals surface area contributed by atoms with Crippen LogP contribution in [0.1, 0.15) is 57.1 Å². The van der Waals surface area contributed by atoms with Crippen molar-refractivity contribution in [3.8, 4) is 0 Å². The Balaban J connectivity index is 1.22. The van der Waals surface area contributed by atoms with Crippen LogP contribution in [-0.2, 0) is 4.74 Å². The molecule has 5 nitrogen and oxygen atoms in total. The van der Waals surface area contributed by atoms with Gasteiger partial charge in [0.05, 0.1) is 6.10 Å². The van der Waals surface area contributed by atoms with Crippen LogP contribution >= 0.6 is 0 Å². The zero-order valence-electron chi connectivity index (χ0n) is 16.4. The molecule has 2 amide bonds. The predicted octanol–water partition coefficient (Wildman–Crippen LogP) is 3.47. The van der Waals surface area contributed by atoms with Gasteiger partial charge in [0.15, 0.2) is 0 Å². The standard InChI is InChI=1S/C22H33N3O2/c1-16(17-6-3-2-4-7-17)25-13-10-18(11-14-25)23-22(26)24-20-8-5-9-21-19(20)12-15-27-21/h2-4,6-7,16,18-21H,5,8-15H2,1H3,(H2,23,24,26)/t16-,19-,20-,21-/m1/s1. The van der Waals surface area contributed by atoms with E-state index in [-0.39, 0.29) is 18.1 Å². The fourth-order valence-corrected chi connectivity index (χ4v) is 5.12. The average molecular weight is 372 g/mol. The number of rotatable bonds is 4. The summed E-state index contributed by atoms with van der Waals surface area (Å²) >= 11 is 0. The predicted molar refractivity (Wildman–Crippen MR) is 107 cm³/mol. The molecule has 4 atom stereocenters. The van der Waals surface area contributed by atoms with E-state index in [1.165, 1.54) is 5.56 Å². The van der Waals surface area contributed by atoms with Gasteiger partial charge in [-0.15, -0.1) is 0 Å². The van der Waals surface area contributed by atoms with Crippen LogP contribution in [0.15, 0.2) is 30.3 Å². The van der Waals surface area contributed by atoms with Gasteiger partial charge in [0.2, 0.25) is 0 Å². The normalized spacial score (nSPS) is 30.5. The first kappa shape index (κ1) is 18.8. The van der Waals surface area contributed by atoms with Crippen LogP contribution in [-0.4, -0.2) is 48.8 Å². The van der Waals surface area contributed by atoms with E-state index in [9.17, 15) is 4.79 Å². The third kappa shape index (κ3) is 4.46. The first-order valence-electron chi connectivity index (χ1n) is 10.7. The monoisotopic (exact) mass is 371 g/mol. The first-order valence-corrected chi connectivity index (χ1v) is 10.7. The molecule has 0 radical (unpaired) electrons. The molecule has 148 valence electrons. The van der Waals surface area contributed by atoms with Crippen molar-refractivity contribution in [2.45, 2.75) is 69.7 Å². The SMILES string of the molecule is C[C@H](c1ccccc1)N1CCC(NC(=O)N[C@@H]2CCC[C@H]3OCC[C@H]23)CC1. The number of benzene rings is 1. The molecule has 1 aliphatic carbocycles. The minimum atomic E-state index is 0.0158. The molecule has 3 fully saturated rings. The molecule has 0 unspecified atom stereocenters. The van der Waals surface area contributed by atoms with E-state index in [2.05, 4.69) is 52.8 Å². The quantitative estimate of drug-likeness (QED) is 0.852. The molecule has 0 bridgehead atoms. The molecular weight excluding hydrogens is 338 g/mol. The molecule has 0 aromatic heterocycles. The number of fused-ring (bicyclic) bond motifs is 1. The third-order valence-electron chi connectivity index (χ3n) is 6.79. The van der Waals surface area contributed by atoms with Gasteiger partial charge in [-0.1, -0.05) is 30.3 Å². The summed E-state index contributed by atoms with van der Waals surface area (Å²) in [6.45, 7) is 5.19. The summed E-state index contributed by atoms with van der Waals surface area (Å²) in [7, 11) is 0. The largest absolute Gasteiger partial charge is 0.378 e. The molecule has 2 saturated heterocycles. The zero-order chi connectivity index (χ0) is 18.6. The van der Waals surface area contributed by atoms with E-state index in [0.29, 0.717) is 18.1 Å². The number of hydrogen-bond donors (Lipinski definition) is 2. The van der Waals surface area contributed by atoms with Crippen LogP contribution in [0.3, 0.4) is 0 Å². The summed E-state index contributed by atoms with van der Waals surface area (Å²) in [5.74, 6) is 0.512. The second-order valence-electron chi connectivity index (χ2n) is 8.41. The number of amides is 2. The fourth-order valence-electron chi connectivity index (χ4n) is 5.12. The molecule has 4 rings (SSSR count). The third-order valence-corrected chi connectivity index (χ3v) is 6.79. The van der Waals surface area contributed by atoms with Crippen molar-refractivity contribution >= 4 is 6.03 Å². The number of likely N-dealkylation sites (tertiary alicyclic amines) is 1. The number of ether oxygens (including phenoxy) is 1. The second-order valence-corrected chi connectivity index (χ2v) is 8.41. The molecule has 3 aliphatic rings. The zero-order valence-corrected chi connectivity index (χ0v) is 16.4. The van der Waals surface area contributed by atoms with Crippen molar-refractivity contribution in [3.63, 3.8) is 0 Å². The van der Waals surface area contributed by atoms with Gasteiger partial charge >= 0.3 is 6.03 Å². The number of nitrogens with one attached hydrogen (secondary N) is 2. The highest BCUT2D eigenvalue weighted by atomic mass is 16.5. The molecule has 1 aromatic carbocycles. The molecule has 27 heavy (non-hydrogen) atoms. The molecule has 2 N–H and O–H groups in total. The van der Waals surface area contributed by atoms with Gasteiger partial charge in [0.25, 0.3) is 0 Å². The van der Waals surface area contributed by atoms with E-state index >= 15 is 0 Å². The number of nitrogens with zero attached hydrogens (tertiary/aromatic N) is 1. The highest BCUT2D eigenvalue weighted by Gasteiger charge is 2.38. The Hall–Kier alpha value is -1.59. The van der Waals surface area contributed by atoms with E-state index in [0.717, 1.165) is 58.2 Å². The average Bonchev–Trinajstić information content (AvgIpc) is 3.19. The molecular formula is C22H33N3O2. The Kier molecular flexibility index (Phi) is 5.98. The van der Waals surface area contributed by atoms with Crippen LogP contribution < -0.4 is 10.6 Å². The highest BCUT2D eigenvalue weighted by Crippen LogP contribution is 2.34. The van der Waals surface area contributed by atoms with Gasteiger partial charge in [-0.2, -0.15) is 0 Å². The van der Waals surface area contributed by atoms with Crippen molar-refractivity contribution in [2.24, 2.45) is 5.92 Å². The lowest BCUT2D eigenvalue weighted by atomic mass is 9.82. The summed E-state index contributed by atoms with van der Waals surface area (Å²) in [6, 6.07) is 11.7. The number of urea groups is 1. The lowest BCUT2D eigenvalue weighted by Gasteiger charge is -2.37. The summed E-state index contributed by atoms with van der Waals surface area (Å²) in [5.41, 5.74) is 1.37. The Morgan fingerprint density at radius 1 is 1.07 bits per heavy atom. The molecule has 1 aromatic rings. The topological polar surface area (TPSA) is 53.6 Å². The summed E-state index contributed by atoms with van der Waals surface area (Å²) in [4.78, 5) is 15.0. The lowest BCUT2D eigenvalue weighted by molar-refractivity contribution is 0.0547. The van der Waals surface area contributed by atoms with E-state index in [1.807, 2.05) is 0 Å². The first-order chi connectivity index (χ1) is 13.2. The van der Waals surface area contributed by atoms with Crippen LogP contribution in [0.2, 0.25) is 0 Å². The van der Waals surface area contributed by atoms with Gasteiger partial charge in [-0.3, -0.25) is 4.90 Å². The van der Waals surface area contributed by atoms with Gasteiger partial charge in [0.1, 0.15) is 0 Å².